The van der Waals surface area contributed by atoms with Gasteiger partial charge < -0.3 is 10.2 Å². The van der Waals surface area contributed by atoms with Crippen molar-refractivity contribution in [2.24, 2.45) is 0 Å². The molecule has 1 N–H and O–H groups in total. The molecule has 0 saturated carbocycles. The van der Waals surface area contributed by atoms with E-state index in [-0.39, 0.29) is 12.1 Å². The number of carbonyl (C=O) groups is 1. The Kier molecular flexibility index (Phi) is 4.04. The summed E-state index contributed by atoms with van der Waals surface area (Å²) in [5.41, 5.74) is 2.02. The summed E-state index contributed by atoms with van der Waals surface area (Å²) in [4.78, 5) is 14.0. The van der Waals surface area contributed by atoms with E-state index in [9.17, 15) is 13.6 Å². The fraction of sp³-hybridized carbons (Fsp3) is 0.235. The van der Waals surface area contributed by atoms with E-state index in [0.29, 0.717) is 6.54 Å². The van der Waals surface area contributed by atoms with Crippen LogP contribution in [0, 0.1) is 11.6 Å². The zero-order chi connectivity index (χ0) is 15.5. The molecule has 0 fully saturated rings. The Bertz CT molecular complexity index is 683. The number of hydrogen-bond acceptors (Lipinski definition) is 2. The van der Waals surface area contributed by atoms with E-state index in [0.717, 1.165) is 30.8 Å². The first kappa shape index (κ1) is 14.5. The molecule has 0 bridgehead atoms. The van der Waals surface area contributed by atoms with Crippen LogP contribution in [-0.4, -0.2) is 19.0 Å². The lowest BCUT2D eigenvalue weighted by Gasteiger charge is -2.19. The first-order valence-corrected chi connectivity index (χ1v) is 7.22. The maximum absolute atomic E-state index is 13.5. The molecule has 0 atom stereocenters. The molecule has 0 aliphatic carbocycles. The maximum atomic E-state index is 13.5. The average Bonchev–Trinajstić information content (AvgIpc) is 2.92. The van der Waals surface area contributed by atoms with Crippen molar-refractivity contribution >= 4 is 17.3 Å². The molecule has 0 unspecified atom stereocenters. The summed E-state index contributed by atoms with van der Waals surface area (Å²) in [6.45, 7) is 1.39. The lowest BCUT2D eigenvalue weighted by atomic mass is 10.2. The second-order valence-electron chi connectivity index (χ2n) is 5.26. The molecule has 3 nitrogen and oxygen atoms in total. The van der Waals surface area contributed by atoms with Crippen molar-refractivity contribution in [2.45, 2.75) is 12.8 Å². The smallest absolute Gasteiger partial charge is 0.226 e. The summed E-state index contributed by atoms with van der Waals surface area (Å²) in [6.07, 6.45) is 1.14. The number of hydrogen-bond donors (Lipinski definition) is 1. The van der Waals surface area contributed by atoms with Gasteiger partial charge in [-0.2, -0.15) is 0 Å². The summed E-state index contributed by atoms with van der Waals surface area (Å²) in [7, 11) is 0. The molecule has 0 aromatic heterocycles. The number of para-hydroxylation sites is 2. The summed E-state index contributed by atoms with van der Waals surface area (Å²) in [6, 6.07) is 11.6. The van der Waals surface area contributed by atoms with Crippen molar-refractivity contribution in [3.05, 3.63) is 59.7 Å². The van der Waals surface area contributed by atoms with Gasteiger partial charge in [0.1, 0.15) is 17.3 Å². The van der Waals surface area contributed by atoms with Gasteiger partial charge in [0.2, 0.25) is 5.91 Å². The molecule has 0 spiro atoms. The highest BCUT2D eigenvalue weighted by Crippen LogP contribution is 2.27. The van der Waals surface area contributed by atoms with E-state index in [2.05, 4.69) is 16.3 Å². The van der Waals surface area contributed by atoms with E-state index < -0.39 is 17.5 Å². The van der Waals surface area contributed by atoms with Crippen molar-refractivity contribution < 1.29 is 13.6 Å². The molecule has 2 aromatic rings. The van der Waals surface area contributed by atoms with Gasteiger partial charge in [-0.3, -0.25) is 4.79 Å². The van der Waals surface area contributed by atoms with Gasteiger partial charge in [-0.25, -0.2) is 8.78 Å². The van der Waals surface area contributed by atoms with Gasteiger partial charge in [0.25, 0.3) is 0 Å². The fourth-order valence-corrected chi connectivity index (χ4v) is 2.69. The first-order valence-electron chi connectivity index (χ1n) is 7.22. The lowest BCUT2D eigenvalue weighted by molar-refractivity contribution is -0.116. The Balaban J connectivity index is 1.60. The minimum atomic E-state index is -0.764. The molecule has 1 aliphatic rings. The van der Waals surface area contributed by atoms with Crippen molar-refractivity contribution in [2.75, 3.05) is 23.3 Å². The predicted octanol–water partition coefficient (Wildman–Crippen LogP) is 3.36. The topological polar surface area (TPSA) is 32.3 Å². The summed E-state index contributed by atoms with van der Waals surface area (Å²) in [5.74, 6) is -1.92. The zero-order valence-electron chi connectivity index (χ0n) is 12.0. The number of halogens is 2. The highest BCUT2D eigenvalue weighted by atomic mass is 19.1. The molecule has 0 saturated heterocycles. The molecule has 114 valence electrons. The molecular formula is C17H16F2N2O. The SMILES string of the molecule is O=C(CCN1CCc2ccccc21)Nc1c(F)cccc1F. The standard InChI is InChI=1S/C17H16F2N2O/c18-13-5-3-6-14(19)17(13)20-16(22)9-11-21-10-8-12-4-1-2-7-15(12)21/h1-7H,8-11H2,(H,20,22). The zero-order valence-corrected chi connectivity index (χ0v) is 12.0. The maximum Gasteiger partial charge on any atom is 0.226 e. The molecule has 1 amide bonds. The lowest BCUT2D eigenvalue weighted by Crippen LogP contribution is -2.26. The van der Waals surface area contributed by atoms with E-state index in [4.69, 9.17) is 0 Å². The monoisotopic (exact) mass is 302 g/mol. The van der Waals surface area contributed by atoms with Gasteiger partial charge in [0.15, 0.2) is 0 Å². The number of rotatable bonds is 4. The molecule has 22 heavy (non-hydrogen) atoms. The van der Waals surface area contributed by atoms with Crippen molar-refractivity contribution in [1.82, 2.24) is 0 Å². The third-order valence-corrected chi connectivity index (χ3v) is 3.82. The van der Waals surface area contributed by atoms with Gasteiger partial charge in [0.05, 0.1) is 0 Å². The van der Waals surface area contributed by atoms with Crippen LogP contribution in [0.15, 0.2) is 42.5 Å². The Hall–Kier alpha value is -2.43. The molecule has 3 rings (SSSR count). The fourth-order valence-electron chi connectivity index (χ4n) is 2.69. The van der Waals surface area contributed by atoms with Crippen molar-refractivity contribution in [3.8, 4) is 0 Å². The predicted molar refractivity (Wildman–Crippen MR) is 82.0 cm³/mol. The van der Waals surface area contributed by atoms with Crippen molar-refractivity contribution in [1.29, 1.82) is 0 Å². The van der Waals surface area contributed by atoms with Gasteiger partial charge in [-0.05, 0) is 30.2 Å². The third-order valence-electron chi connectivity index (χ3n) is 3.82. The molecule has 2 aromatic carbocycles. The van der Waals surface area contributed by atoms with Crippen LogP contribution < -0.4 is 10.2 Å². The van der Waals surface area contributed by atoms with E-state index in [1.54, 1.807) is 0 Å². The number of nitrogens with one attached hydrogen (secondary N) is 1. The normalized spacial score (nSPS) is 13.1. The minimum absolute atomic E-state index is 0.183. The van der Waals surface area contributed by atoms with Crippen LogP contribution in [0.25, 0.3) is 0 Å². The summed E-state index contributed by atoms with van der Waals surface area (Å²) in [5, 5.41) is 2.31. The molecule has 0 radical (unpaired) electrons. The van der Waals surface area contributed by atoms with Crippen LogP contribution in [0.5, 0.6) is 0 Å². The number of benzene rings is 2. The average molecular weight is 302 g/mol. The Morgan fingerprint density at radius 3 is 2.59 bits per heavy atom. The minimum Gasteiger partial charge on any atom is -0.370 e. The van der Waals surface area contributed by atoms with Crippen LogP contribution >= 0.6 is 0 Å². The van der Waals surface area contributed by atoms with Gasteiger partial charge >= 0.3 is 0 Å². The van der Waals surface area contributed by atoms with Gasteiger partial charge in [-0.15, -0.1) is 0 Å². The highest BCUT2D eigenvalue weighted by molar-refractivity contribution is 5.91. The van der Waals surface area contributed by atoms with E-state index >= 15 is 0 Å². The molecule has 1 aliphatic heterocycles. The number of carbonyl (C=O) groups excluding carboxylic acids is 1. The van der Waals surface area contributed by atoms with Gasteiger partial charge in [0, 0.05) is 25.2 Å². The molecule has 1 heterocycles. The Morgan fingerprint density at radius 2 is 1.82 bits per heavy atom. The highest BCUT2D eigenvalue weighted by Gasteiger charge is 2.19. The van der Waals surface area contributed by atoms with E-state index in [1.165, 1.54) is 11.6 Å². The summed E-state index contributed by atoms with van der Waals surface area (Å²) >= 11 is 0. The van der Waals surface area contributed by atoms with Crippen LogP contribution in [-0.2, 0) is 11.2 Å². The third kappa shape index (κ3) is 2.93. The first-order chi connectivity index (χ1) is 10.6. The number of amides is 1. The molecule has 5 heteroatoms. The van der Waals surface area contributed by atoms with Gasteiger partial charge in [-0.1, -0.05) is 24.3 Å². The quantitative estimate of drug-likeness (QED) is 0.939. The number of anilines is 2. The van der Waals surface area contributed by atoms with Crippen molar-refractivity contribution in [3.63, 3.8) is 0 Å². The van der Waals surface area contributed by atoms with Crippen LogP contribution in [0.1, 0.15) is 12.0 Å². The Morgan fingerprint density at radius 1 is 1.09 bits per heavy atom. The van der Waals surface area contributed by atoms with Crippen LogP contribution in [0.4, 0.5) is 20.2 Å². The van der Waals surface area contributed by atoms with E-state index in [1.807, 2.05) is 18.2 Å². The Labute approximate surface area is 127 Å². The van der Waals surface area contributed by atoms with Crippen LogP contribution in [0.2, 0.25) is 0 Å². The number of nitrogens with zero attached hydrogens (tertiary/aromatic N) is 1. The summed E-state index contributed by atoms with van der Waals surface area (Å²) < 4.78 is 27.0. The largest absolute Gasteiger partial charge is 0.370 e. The molecular weight excluding hydrogens is 286 g/mol. The number of fused-ring (bicyclic) bond motifs is 1. The second kappa shape index (κ2) is 6.13. The van der Waals surface area contributed by atoms with Crippen LogP contribution in [0.3, 0.4) is 0 Å². The second-order valence-corrected chi connectivity index (χ2v) is 5.26.